The van der Waals surface area contributed by atoms with Crippen molar-refractivity contribution in [3.05, 3.63) is 63.1 Å². The topological polar surface area (TPSA) is 75.7 Å². The number of carbonyl (C=O) groups excluding carboxylic acids is 3. The number of nitrogens with zero attached hydrogens (tertiary/aromatic N) is 1. The minimum absolute atomic E-state index is 0.180. The summed E-state index contributed by atoms with van der Waals surface area (Å²) in [4.78, 5) is 39.7. The van der Waals surface area contributed by atoms with Crippen LogP contribution < -0.4 is 15.0 Å². The van der Waals surface area contributed by atoms with Crippen molar-refractivity contribution in [1.29, 1.82) is 0 Å². The maximum Gasteiger partial charge on any atom is 0.335 e. The second-order valence-corrected chi connectivity index (χ2v) is 11.8. The Bertz CT molecular complexity index is 1280. The van der Waals surface area contributed by atoms with Crippen molar-refractivity contribution in [2.45, 2.75) is 50.9 Å². The molecule has 4 aliphatic carbocycles. The van der Waals surface area contributed by atoms with Crippen molar-refractivity contribution in [3.8, 4) is 5.75 Å². The largest absolute Gasteiger partial charge is 0.491 e. The Labute approximate surface area is 225 Å². The zero-order valence-corrected chi connectivity index (χ0v) is 22.1. The van der Waals surface area contributed by atoms with Gasteiger partial charge in [0.15, 0.2) is 5.75 Å². The Hall–Kier alpha value is -2.83. The van der Waals surface area contributed by atoms with E-state index in [9.17, 15) is 14.4 Å². The fourth-order valence-electron chi connectivity index (χ4n) is 7.43. The van der Waals surface area contributed by atoms with Crippen LogP contribution in [-0.2, 0) is 15.0 Å². The Morgan fingerprint density at radius 2 is 1.54 bits per heavy atom. The van der Waals surface area contributed by atoms with Gasteiger partial charge < -0.3 is 4.74 Å². The Kier molecular flexibility index (Phi) is 6.08. The second kappa shape index (κ2) is 9.17. The summed E-state index contributed by atoms with van der Waals surface area (Å²) in [7, 11) is 0. The molecule has 6 nitrogen and oxygen atoms in total. The number of hydrogen-bond acceptors (Lipinski definition) is 4. The molecular weight excluding hydrogens is 511 g/mol. The van der Waals surface area contributed by atoms with Gasteiger partial charge in [-0.1, -0.05) is 35.3 Å². The van der Waals surface area contributed by atoms with Crippen LogP contribution >= 0.6 is 23.2 Å². The Balaban J connectivity index is 1.28. The molecular formula is C29H28Cl2N2O4. The van der Waals surface area contributed by atoms with Crippen LogP contribution in [0.15, 0.2) is 42.0 Å². The molecule has 4 amide bonds. The summed E-state index contributed by atoms with van der Waals surface area (Å²) in [6, 6.07) is 10.1. The Morgan fingerprint density at radius 1 is 0.973 bits per heavy atom. The Morgan fingerprint density at radius 3 is 2.08 bits per heavy atom. The highest BCUT2D eigenvalue weighted by molar-refractivity contribution is 6.40. The molecule has 5 fully saturated rings. The van der Waals surface area contributed by atoms with E-state index in [1.807, 2.05) is 19.1 Å². The summed E-state index contributed by atoms with van der Waals surface area (Å²) >= 11 is 12.6. The van der Waals surface area contributed by atoms with Crippen LogP contribution in [0.5, 0.6) is 5.75 Å². The van der Waals surface area contributed by atoms with E-state index >= 15 is 0 Å². The van der Waals surface area contributed by atoms with Gasteiger partial charge in [0, 0.05) is 0 Å². The summed E-state index contributed by atoms with van der Waals surface area (Å²) < 4.78 is 5.45. The number of imide groups is 2. The van der Waals surface area contributed by atoms with Gasteiger partial charge in [0.1, 0.15) is 5.57 Å². The number of urea groups is 1. The number of anilines is 1. The molecule has 1 aliphatic heterocycles. The summed E-state index contributed by atoms with van der Waals surface area (Å²) in [6.07, 6.45) is 9.19. The van der Waals surface area contributed by atoms with Crippen LogP contribution in [0.25, 0.3) is 6.08 Å². The number of ether oxygens (including phenoxy) is 1. The van der Waals surface area contributed by atoms with Crippen LogP contribution in [0.2, 0.25) is 10.0 Å². The molecule has 2 aromatic rings. The highest BCUT2D eigenvalue weighted by Crippen LogP contribution is 2.60. The lowest BCUT2D eigenvalue weighted by Crippen LogP contribution is -2.54. The van der Waals surface area contributed by atoms with Crippen LogP contribution in [0.3, 0.4) is 0 Å². The van der Waals surface area contributed by atoms with Gasteiger partial charge >= 0.3 is 6.03 Å². The van der Waals surface area contributed by atoms with Crippen LogP contribution in [-0.4, -0.2) is 24.5 Å². The lowest BCUT2D eigenvalue weighted by molar-refractivity contribution is -0.122. The first-order valence-corrected chi connectivity index (χ1v) is 13.7. The smallest absolute Gasteiger partial charge is 0.335 e. The van der Waals surface area contributed by atoms with Crippen molar-refractivity contribution in [3.63, 3.8) is 0 Å². The van der Waals surface area contributed by atoms with Crippen molar-refractivity contribution in [1.82, 2.24) is 5.32 Å². The zero-order chi connectivity index (χ0) is 25.9. The number of benzene rings is 2. The van der Waals surface area contributed by atoms with E-state index in [0.717, 1.165) is 22.7 Å². The molecule has 0 radical (unpaired) electrons. The van der Waals surface area contributed by atoms with Gasteiger partial charge in [-0.2, -0.15) is 0 Å². The van der Waals surface area contributed by atoms with Gasteiger partial charge in [0.2, 0.25) is 0 Å². The first-order valence-electron chi connectivity index (χ1n) is 12.9. The van der Waals surface area contributed by atoms with Crippen molar-refractivity contribution in [2.75, 3.05) is 11.5 Å². The molecule has 4 bridgehead atoms. The first-order chi connectivity index (χ1) is 17.8. The van der Waals surface area contributed by atoms with E-state index in [1.54, 1.807) is 12.1 Å². The molecule has 1 saturated heterocycles. The number of nitrogens with one attached hydrogen (secondary N) is 1. The maximum atomic E-state index is 13.4. The summed E-state index contributed by atoms with van der Waals surface area (Å²) in [5, 5.41) is 2.81. The molecule has 1 heterocycles. The number of amides is 4. The van der Waals surface area contributed by atoms with E-state index in [-0.39, 0.29) is 21.0 Å². The normalized spacial score (nSPS) is 29.7. The van der Waals surface area contributed by atoms with Gasteiger partial charge in [-0.15, -0.1) is 0 Å². The summed E-state index contributed by atoms with van der Waals surface area (Å²) in [5.74, 6) is 1.34. The lowest BCUT2D eigenvalue weighted by atomic mass is 9.48. The molecule has 7 rings (SSSR count). The van der Waals surface area contributed by atoms with Crippen LogP contribution in [0, 0.1) is 17.8 Å². The van der Waals surface area contributed by atoms with Crippen molar-refractivity contribution >= 4 is 52.8 Å². The third kappa shape index (κ3) is 4.24. The molecule has 0 atom stereocenters. The van der Waals surface area contributed by atoms with Gasteiger partial charge in [-0.25, -0.2) is 9.69 Å². The molecule has 192 valence electrons. The predicted molar refractivity (Wildman–Crippen MR) is 143 cm³/mol. The zero-order valence-electron chi connectivity index (χ0n) is 20.6. The van der Waals surface area contributed by atoms with Gasteiger partial charge in [0.05, 0.1) is 22.3 Å². The number of halogens is 2. The van der Waals surface area contributed by atoms with Crippen LogP contribution in [0.4, 0.5) is 10.5 Å². The third-order valence-corrected chi connectivity index (χ3v) is 9.06. The van der Waals surface area contributed by atoms with Crippen molar-refractivity contribution < 1.29 is 19.1 Å². The number of barbiturate groups is 1. The average Bonchev–Trinajstić information content (AvgIpc) is 2.83. The minimum Gasteiger partial charge on any atom is -0.491 e. The maximum absolute atomic E-state index is 13.4. The lowest BCUT2D eigenvalue weighted by Gasteiger charge is -2.57. The molecule has 1 N–H and O–H groups in total. The van der Waals surface area contributed by atoms with E-state index in [1.165, 1.54) is 50.2 Å². The summed E-state index contributed by atoms with van der Waals surface area (Å²) in [5.41, 5.74) is 2.21. The van der Waals surface area contributed by atoms with Crippen LogP contribution in [0.1, 0.15) is 56.6 Å². The van der Waals surface area contributed by atoms with E-state index in [2.05, 4.69) is 17.4 Å². The standard InChI is InChI=1S/C29H28Cl2N2O4/c1-2-37-25-23(30)11-16(12-24(25)31)10-22-26(34)32-28(36)33(27(22)35)21-5-3-20(4-6-21)29-13-17-7-18(14-29)9-19(8-17)15-29/h3-6,10-12,17-19H,2,7-9,13-15H2,1H3,(H,32,34,36)/b22-10+. The fraction of sp³-hybridized carbons (Fsp3) is 0.414. The summed E-state index contributed by atoms with van der Waals surface area (Å²) in [6.45, 7) is 2.20. The second-order valence-electron chi connectivity index (χ2n) is 10.9. The SMILES string of the molecule is CCOc1c(Cl)cc(/C=C2\C(=O)NC(=O)N(c3ccc(C45CC6CC(CC(C6)C4)C5)cc3)C2=O)cc1Cl. The number of rotatable bonds is 5. The third-order valence-electron chi connectivity index (χ3n) is 8.50. The average molecular weight is 539 g/mol. The van der Waals surface area contributed by atoms with Gasteiger partial charge in [-0.05, 0) is 110 Å². The molecule has 0 spiro atoms. The monoisotopic (exact) mass is 538 g/mol. The quantitative estimate of drug-likeness (QED) is 0.347. The molecule has 37 heavy (non-hydrogen) atoms. The highest BCUT2D eigenvalue weighted by atomic mass is 35.5. The molecule has 4 saturated carbocycles. The molecule has 5 aliphatic rings. The molecule has 8 heteroatoms. The number of hydrogen-bond donors (Lipinski definition) is 1. The van der Waals surface area contributed by atoms with E-state index in [0.29, 0.717) is 23.6 Å². The van der Waals surface area contributed by atoms with Gasteiger partial charge in [0.25, 0.3) is 11.8 Å². The predicted octanol–water partition coefficient (Wildman–Crippen LogP) is 6.53. The molecule has 2 aromatic carbocycles. The molecule has 0 unspecified atom stereocenters. The first kappa shape index (κ1) is 24.5. The highest BCUT2D eigenvalue weighted by Gasteiger charge is 2.51. The van der Waals surface area contributed by atoms with Gasteiger partial charge in [-0.3, -0.25) is 14.9 Å². The van der Waals surface area contributed by atoms with Crippen molar-refractivity contribution in [2.24, 2.45) is 17.8 Å². The van der Waals surface area contributed by atoms with E-state index < -0.39 is 17.8 Å². The van der Waals surface area contributed by atoms with E-state index in [4.69, 9.17) is 27.9 Å². The molecule has 0 aromatic heterocycles. The number of carbonyl (C=O) groups is 3. The minimum atomic E-state index is -0.766. The fourth-order valence-corrected chi connectivity index (χ4v) is 8.04.